The first-order chi connectivity index (χ1) is 11.8. The zero-order valence-corrected chi connectivity index (χ0v) is 13.7. The minimum Gasteiger partial charge on any atom is -0.465 e. The maximum atomic E-state index is 12.0. The van der Waals surface area contributed by atoms with Gasteiger partial charge in [-0.15, -0.1) is 0 Å². The van der Waals surface area contributed by atoms with Crippen LogP contribution in [0.2, 0.25) is 0 Å². The van der Waals surface area contributed by atoms with Crippen LogP contribution >= 0.6 is 0 Å². The summed E-state index contributed by atoms with van der Waals surface area (Å²) < 4.78 is 4.90. The summed E-state index contributed by atoms with van der Waals surface area (Å²) in [6.07, 6.45) is 1.60. The second-order valence-corrected chi connectivity index (χ2v) is 5.76. The SMILES string of the molecule is COC(=O)c1ccccc1Cc1ccccc1Cc1ccccc1. The number of carbonyl (C=O) groups is 1. The number of hydrogen-bond donors (Lipinski definition) is 0. The van der Waals surface area contributed by atoms with Gasteiger partial charge in [-0.2, -0.15) is 0 Å². The molecule has 3 rings (SSSR count). The molecule has 0 saturated heterocycles. The van der Waals surface area contributed by atoms with E-state index in [1.165, 1.54) is 23.8 Å². The highest BCUT2D eigenvalue weighted by molar-refractivity contribution is 5.91. The molecule has 3 aromatic rings. The van der Waals surface area contributed by atoms with Gasteiger partial charge in [0.1, 0.15) is 0 Å². The van der Waals surface area contributed by atoms with Crippen LogP contribution in [0.3, 0.4) is 0 Å². The van der Waals surface area contributed by atoms with Crippen molar-refractivity contribution in [3.8, 4) is 0 Å². The van der Waals surface area contributed by atoms with Crippen LogP contribution < -0.4 is 0 Å². The van der Waals surface area contributed by atoms with Crippen molar-refractivity contribution >= 4 is 5.97 Å². The minimum absolute atomic E-state index is 0.286. The lowest BCUT2D eigenvalue weighted by molar-refractivity contribution is 0.0599. The van der Waals surface area contributed by atoms with Crippen LogP contribution in [0.4, 0.5) is 0 Å². The standard InChI is InChI=1S/C22H20O2/c1-24-22(23)21-14-8-7-13-20(21)16-19-12-6-5-11-18(19)15-17-9-3-2-4-10-17/h2-14H,15-16H2,1H3. The highest BCUT2D eigenvalue weighted by Gasteiger charge is 2.12. The summed E-state index contributed by atoms with van der Waals surface area (Å²) in [5.74, 6) is -0.286. The van der Waals surface area contributed by atoms with Crippen LogP contribution in [0.5, 0.6) is 0 Å². The predicted octanol–water partition coefficient (Wildman–Crippen LogP) is 4.65. The van der Waals surface area contributed by atoms with Crippen molar-refractivity contribution < 1.29 is 9.53 Å². The molecule has 0 aliphatic carbocycles. The molecule has 0 aliphatic rings. The highest BCUT2D eigenvalue weighted by Crippen LogP contribution is 2.20. The Hall–Kier alpha value is -2.87. The van der Waals surface area contributed by atoms with Crippen molar-refractivity contribution in [1.29, 1.82) is 0 Å². The average Bonchev–Trinajstić information content (AvgIpc) is 2.64. The molecular weight excluding hydrogens is 296 g/mol. The monoisotopic (exact) mass is 316 g/mol. The molecule has 0 aliphatic heterocycles. The lowest BCUT2D eigenvalue weighted by atomic mass is 9.93. The predicted molar refractivity (Wildman–Crippen MR) is 96.3 cm³/mol. The molecule has 0 fully saturated rings. The zero-order valence-electron chi connectivity index (χ0n) is 13.7. The van der Waals surface area contributed by atoms with Crippen LogP contribution in [0.15, 0.2) is 78.9 Å². The van der Waals surface area contributed by atoms with E-state index < -0.39 is 0 Å². The van der Waals surface area contributed by atoms with Crippen LogP contribution in [-0.2, 0) is 17.6 Å². The molecule has 0 atom stereocenters. The second-order valence-electron chi connectivity index (χ2n) is 5.76. The van der Waals surface area contributed by atoms with Crippen molar-refractivity contribution in [1.82, 2.24) is 0 Å². The van der Waals surface area contributed by atoms with Crippen molar-refractivity contribution in [2.75, 3.05) is 7.11 Å². The Bertz CT molecular complexity index is 822. The topological polar surface area (TPSA) is 26.3 Å². The van der Waals surface area contributed by atoms with Crippen LogP contribution in [-0.4, -0.2) is 13.1 Å². The molecule has 120 valence electrons. The lowest BCUT2D eigenvalue weighted by Crippen LogP contribution is -2.07. The fraction of sp³-hybridized carbons (Fsp3) is 0.136. The van der Waals surface area contributed by atoms with E-state index in [1.54, 1.807) is 0 Å². The summed E-state index contributed by atoms with van der Waals surface area (Å²) in [4.78, 5) is 12.0. The Morgan fingerprint density at radius 3 is 1.92 bits per heavy atom. The second kappa shape index (κ2) is 7.60. The Balaban J connectivity index is 1.90. The zero-order chi connectivity index (χ0) is 16.8. The molecule has 0 amide bonds. The van der Waals surface area contributed by atoms with Gasteiger partial charge in [0.25, 0.3) is 0 Å². The van der Waals surface area contributed by atoms with E-state index >= 15 is 0 Å². The number of rotatable bonds is 5. The molecule has 0 unspecified atom stereocenters. The molecule has 0 N–H and O–H groups in total. The van der Waals surface area contributed by atoms with Gasteiger partial charge >= 0.3 is 5.97 Å². The molecule has 0 heterocycles. The molecule has 2 heteroatoms. The van der Waals surface area contributed by atoms with Gasteiger partial charge in [0, 0.05) is 0 Å². The van der Waals surface area contributed by atoms with Gasteiger partial charge in [0.15, 0.2) is 0 Å². The number of methoxy groups -OCH3 is 1. The van der Waals surface area contributed by atoms with E-state index in [2.05, 4.69) is 42.5 Å². The molecule has 3 aromatic carbocycles. The maximum absolute atomic E-state index is 12.0. The number of ether oxygens (including phenoxy) is 1. The largest absolute Gasteiger partial charge is 0.465 e. The summed E-state index contributed by atoms with van der Waals surface area (Å²) in [5.41, 5.74) is 5.42. The summed E-state index contributed by atoms with van der Waals surface area (Å²) in [7, 11) is 1.42. The Labute approximate surface area is 142 Å². The van der Waals surface area contributed by atoms with E-state index in [-0.39, 0.29) is 5.97 Å². The van der Waals surface area contributed by atoms with E-state index in [1.807, 2.05) is 36.4 Å². The molecule has 0 bridgehead atoms. The lowest BCUT2D eigenvalue weighted by Gasteiger charge is -2.12. The highest BCUT2D eigenvalue weighted by atomic mass is 16.5. The normalized spacial score (nSPS) is 10.4. The fourth-order valence-electron chi connectivity index (χ4n) is 2.91. The summed E-state index contributed by atoms with van der Waals surface area (Å²) >= 11 is 0. The molecular formula is C22H20O2. The molecule has 2 nitrogen and oxygen atoms in total. The summed E-state index contributed by atoms with van der Waals surface area (Å²) in [6.45, 7) is 0. The van der Waals surface area contributed by atoms with Crippen LogP contribution in [0.25, 0.3) is 0 Å². The summed E-state index contributed by atoms with van der Waals surface area (Å²) in [6, 6.07) is 26.5. The van der Waals surface area contributed by atoms with Gasteiger partial charge in [-0.05, 0) is 41.2 Å². The Morgan fingerprint density at radius 2 is 1.25 bits per heavy atom. The van der Waals surface area contributed by atoms with Gasteiger partial charge in [-0.3, -0.25) is 0 Å². The maximum Gasteiger partial charge on any atom is 0.338 e. The van der Waals surface area contributed by atoms with E-state index in [4.69, 9.17) is 4.74 Å². The molecule has 0 saturated carbocycles. The number of benzene rings is 3. The third kappa shape index (κ3) is 3.72. The molecule has 0 radical (unpaired) electrons. The van der Waals surface area contributed by atoms with Crippen molar-refractivity contribution in [2.45, 2.75) is 12.8 Å². The minimum atomic E-state index is -0.286. The average molecular weight is 316 g/mol. The van der Waals surface area contributed by atoms with Gasteiger partial charge in [0.2, 0.25) is 0 Å². The summed E-state index contributed by atoms with van der Waals surface area (Å²) in [5, 5.41) is 0. The smallest absolute Gasteiger partial charge is 0.338 e. The number of carbonyl (C=O) groups excluding carboxylic acids is 1. The van der Waals surface area contributed by atoms with Crippen molar-refractivity contribution in [2.24, 2.45) is 0 Å². The van der Waals surface area contributed by atoms with Crippen LogP contribution in [0.1, 0.15) is 32.6 Å². The first-order valence-electron chi connectivity index (χ1n) is 8.05. The van der Waals surface area contributed by atoms with Crippen molar-refractivity contribution in [3.63, 3.8) is 0 Å². The van der Waals surface area contributed by atoms with Gasteiger partial charge in [-0.1, -0.05) is 72.8 Å². The van der Waals surface area contributed by atoms with Crippen molar-refractivity contribution in [3.05, 3.63) is 107 Å². The Morgan fingerprint density at radius 1 is 0.708 bits per heavy atom. The molecule has 24 heavy (non-hydrogen) atoms. The number of esters is 1. The molecule has 0 aromatic heterocycles. The van der Waals surface area contributed by atoms with E-state index in [0.29, 0.717) is 12.0 Å². The fourth-order valence-corrected chi connectivity index (χ4v) is 2.91. The van der Waals surface area contributed by atoms with E-state index in [9.17, 15) is 4.79 Å². The number of hydrogen-bond acceptors (Lipinski definition) is 2. The van der Waals surface area contributed by atoms with Gasteiger partial charge in [0.05, 0.1) is 12.7 Å². The molecule has 0 spiro atoms. The van der Waals surface area contributed by atoms with Gasteiger partial charge in [-0.25, -0.2) is 4.79 Å². The van der Waals surface area contributed by atoms with E-state index in [0.717, 1.165) is 12.0 Å². The third-order valence-electron chi connectivity index (χ3n) is 4.16. The Kier molecular flexibility index (Phi) is 5.07. The first kappa shape index (κ1) is 16.0. The third-order valence-corrected chi connectivity index (χ3v) is 4.16. The quantitative estimate of drug-likeness (QED) is 0.640. The van der Waals surface area contributed by atoms with Crippen LogP contribution in [0, 0.1) is 0 Å². The first-order valence-corrected chi connectivity index (χ1v) is 8.05. The van der Waals surface area contributed by atoms with Gasteiger partial charge < -0.3 is 4.74 Å².